The molecule has 0 bridgehead atoms. The summed E-state index contributed by atoms with van der Waals surface area (Å²) in [7, 11) is 2.09. The van der Waals surface area contributed by atoms with Crippen LogP contribution in [-0.4, -0.2) is 40.7 Å². The van der Waals surface area contributed by atoms with E-state index in [0.717, 1.165) is 37.0 Å². The van der Waals surface area contributed by atoms with Gasteiger partial charge in [-0.2, -0.15) is 0 Å². The highest BCUT2D eigenvalue weighted by Gasteiger charge is 2.23. The third kappa shape index (κ3) is 2.41. The van der Waals surface area contributed by atoms with Gasteiger partial charge in [0.25, 0.3) is 0 Å². The van der Waals surface area contributed by atoms with Crippen LogP contribution in [0.3, 0.4) is 0 Å². The van der Waals surface area contributed by atoms with E-state index < -0.39 is 11.4 Å². The third-order valence-electron chi connectivity index (χ3n) is 4.57. The number of carbonyl (C=O) groups is 1. The molecule has 0 radical (unpaired) electrons. The molecular weight excluding hydrogens is 280 g/mol. The number of nitrogens with zero attached hydrogens (tertiary/aromatic N) is 2. The maximum Gasteiger partial charge on any atom is 0.341 e. The van der Waals surface area contributed by atoms with Crippen LogP contribution in [0.15, 0.2) is 29.2 Å². The zero-order valence-corrected chi connectivity index (χ0v) is 12.9. The molecule has 3 rings (SSSR count). The predicted molar refractivity (Wildman–Crippen MR) is 85.7 cm³/mol. The first-order valence-electron chi connectivity index (χ1n) is 7.55. The Balaban J connectivity index is 2.26. The van der Waals surface area contributed by atoms with Crippen LogP contribution in [-0.2, 0) is 0 Å². The molecule has 5 nitrogen and oxygen atoms in total. The standard InChI is InChI=1S/C17H20N2O3/c1-11-4-3-5-13-15(11)19(10-14(16(13)20)17(21)22)12-6-8-18(2)9-7-12/h3-5,10,12H,6-9H2,1-2H3,(H,21,22). The van der Waals surface area contributed by atoms with Gasteiger partial charge in [-0.25, -0.2) is 4.79 Å². The molecule has 1 aliphatic rings. The van der Waals surface area contributed by atoms with E-state index in [9.17, 15) is 14.7 Å². The lowest BCUT2D eigenvalue weighted by Gasteiger charge is -2.32. The first-order valence-corrected chi connectivity index (χ1v) is 7.55. The Morgan fingerprint density at radius 1 is 1.27 bits per heavy atom. The molecule has 22 heavy (non-hydrogen) atoms. The van der Waals surface area contributed by atoms with E-state index in [4.69, 9.17) is 0 Å². The highest BCUT2D eigenvalue weighted by molar-refractivity contribution is 5.93. The molecule has 2 heterocycles. The number of likely N-dealkylation sites (tertiary alicyclic amines) is 1. The van der Waals surface area contributed by atoms with Crippen molar-refractivity contribution in [2.45, 2.75) is 25.8 Å². The van der Waals surface area contributed by atoms with E-state index in [-0.39, 0.29) is 11.6 Å². The topological polar surface area (TPSA) is 62.5 Å². The van der Waals surface area contributed by atoms with Crippen LogP contribution in [0.25, 0.3) is 10.9 Å². The molecule has 1 aliphatic heterocycles. The number of hydrogen-bond donors (Lipinski definition) is 1. The van der Waals surface area contributed by atoms with Gasteiger partial charge in [0, 0.05) is 17.6 Å². The summed E-state index contributed by atoms with van der Waals surface area (Å²) in [6.45, 7) is 3.92. The summed E-state index contributed by atoms with van der Waals surface area (Å²) in [5, 5.41) is 9.84. The van der Waals surface area contributed by atoms with Crippen LogP contribution in [0.2, 0.25) is 0 Å². The third-order valence-corrected chi connectivity index (χ3v) is 4.57. The van der Waals surface area contributed by atoms with E-state index >= 15 is 0 Å². The number of aromatic carboxylic acids is 1. The summed E-state index contributed by atoms with van der Waals surface area (Å²) in [6.07, 6.45) is 3.46. The van der Waals surface area contributed by atoms with Crippen molar-refractivity contribution in [2.24, 2.45) is 0 Å². The maximum absolute atomic E-state index is 12.4. The number of para-hydroxylation sites is 1. The Morgan fingerprint density at radius 2 is 1.95 bits per heavy atom. The van der Waals surface area contributed by atoms with Crippen LogP contribution in [0, 0.1) is 6.92 Å². The van der Waals surface area contributed by atoms with E-state index in [1.165, 1.54) is 6.20 Å². The summed E-state index contributed by atoms with van der Waals surface area (Å²) in [5.41, 5.74) is 1.34. The molecule has 0 unspecified atom stereocenters. The maximum atomic E-state index is 12.4. The van der Waals surface area contributed by atoms with Crippen molar-refractivity contribution in [3.8, 4) is 0 Å². The number of aromatic nitrogens is 1. The van der Waals surface area contributed by atoms with Crippen LogP contribution in [0.4, 0.5) is 0 Å². The van der Waals surface area contributed by atoms with E-state index in [0.29, 0.717) is 5.39 Å². The molecule has 5 heteroatoms. The summed E-state index contributed by atoms with van der Waals surface area (Å²) < 4.78 is 2.02. The van der Waals surface area contributed by atoms with Crippen molar-refractivity contribution in [2.75, 3.05) is 20.1 Å². The lowest BCUT2D eigenvalue weighted by Crippen LogP contribution is -2.32. The number of rotatable bonds is 2. The Hall–Kier alpha value is -2.14. The first kappa shape index (κ1) is 14.8. The average Bonchev–Trinajstić information content (AvgIpc) is 2.49. The van der Waals surface area contributed by atoms with E-state index in [2.05, 4.69) is 11.9 Å². The molecule has 0 aliphatic carbocycles. The summed E-state index contributed by atoms with van der Waals surface area (Å²) >= 11 is 0. The zero-order valence-electron chi connectivity index (χ0n) is 12.9. The Morgan fingerprint density at radius 3 is 2.59 bits per heavy atom. The molecule has 0 saturated carbocycles. The Bertz CT molecular complexity index is 786. The number of aryl methyl sites for hydroxylation is 1. The normalized spacial score (nSPS) is 17.0. The van der Waals surface area contributed by atoms with Crippen molar-refractivity contribution >= 4 is 16.9 Å². The molecular formula is C17H20N2O3. The molecule has 1 aromatic carbocycles. The van der Waals surface area contributed by atoms with Crippen molar-refractivity contribution in [3.05, 3.63) is 45.7 Å². The second kappa shape index (κ2) is 5.57. The second-order valence-electron chi connectivity index (χ2n) is 6.09. The van der Waals surface area contributed by atoms with Gasteiger partial charge >= 0.3 is 5.97 Å². The quantitative estimate of drug-likeness (QED) is 0.924. The lowest BCUT2D eigenvalue weighted by atomic mass is 10.0. The van der Waals surface area contributed by atoms with Gasteiger partial charge in [0.15, 0.2) is 0 Å². The van der Waals surface area contributed by atoms with Crippen molar-refractivity contribution in [1.82, 2.24) is 9.47 Å². The van der Waals surface area contributed by atoms with Crippen LogP contribution in [0.1, 0.15) is 34.8 Å². The van der Waals surface area contributed by atoms with Gasteiger partial charge in [-0.1, -0.05) is 12.1 Å². The largest absolute Gasteiger partial charge is 0.477 e. The molecule has 116 valence electrons. The minimum absolute atomic E-state index is 0.142. The first-order chi connectivity index (χ1) is 10.5. The molecule has 1 saturated heterocycles. The molecule has 2 aromatic rings. The van der Waals surface area contributed by atoms with Crippen LogP contribution < -0.4 is 5.43 Å². The van der Waals surface area contributed by atoms with Gasteiger partial charge in [-0.05, 0) is 51.5 Å². The minimum Gasteiger partial charge on any atom is -0.477 e. The monoisotopic (exact) mass is 300 g/mol. The predicted octanol–water partition coefficient (Wildman–Crippen LogP) is 2.27. The summed E-state index contributed by atoms with van der Waals surface area (Å²) in [5.74, 6) is -1.16. The summed E-state index contributed by atoms with van der Waals surface area (Å²) in [6, 6.07) is 5.73. The van der Waals surface area contributed by atoms with Gasteiger partial charge in [0.1, 0.15) is 5.56 Å². The van der Waals surface area contributed by atoms with Gasteiger partial charge in [-0.3, -0.25) is 4.79 Å². The fraction of sp³-hybridized carbons (Fsp3) is 0.412. The molecule has 0 amide bonds. The number of carboxylic acid groups (broad SMARTS) is 1. The Labute approximate surface area is 128 Å². The van der Waals surface area contributed by atoms with E-state index in [1.54, 1.807) is 6.07 Å². The number of benzene rings is 1. The van der Waals surface area contributed by atoms with E-state index in [1.807, 2.05) is 23.6 Å². The molecule has 1 fully saturated rings. The van der Waals surface area contributed by atoms with Crippen LogP contribution in [0.5, 0.6) is 0 Å². The SMILES string of the molecule is Cc1cccc2c(=O)c(C(=O)O)cn(C3CCN(C)CC3)c12. The highest BCUT2D eigenvalue weighted by atomic mass is 16.4. The number of fused-ring (bicyclic) bond motifs is 1. The Kier molecular flexibility index (Phi) is 3.74. The smallest absolute Gasteiger partial charge is 0.341 e. The number of hydrogen-bond acceptors (Lipinski definition) is 3. The van der Waals surface area contributed by atoms with Crippen molar-refractivity contribution in [1.29, 1.82) is 0 Å². The second-order valence-corrected chi connectivity index (χ2v) is 6.09. The number of pyridine rings is 1. The summed E-state index contributed by atoms with van der Waals surface area (Å²) in [4.78, 5) is 26.1. The number of carboxylic acids is 1. The fourth-order valence-electron chi connectivity index (χ4n) is 3.31. The minimum atomic E-state index is -1.16. The molecule has 0 atom stereocenters. The number of piperidine rings is 1. The molecule has 0 spiro atoms. The zero-order chi connectivity index (χ0) is 15.9. The van der Waals surface area contributed by atoms with Gasteiger partial charge < -0.3 is 14.6 Å². The molecule has 1 N–H and O–H groups in total. The van der Waals surface area contributed by atoms with Gasteiger partial charge in [0.05, 0.1) is 5.52 Å². The fourth-order valence-corrected chi connectivity index (χ4v) is 3.31. The van der Waals surface area contributed by atoms with Crippen molar-refractivity contribution in [3.63, 3.8) is 0 Å². The van der Waals surface area contributed by atoms with Gasteiger partial charge in [-0.15, -0.1) is 0 Å². The lowest BCUT2D eigenvalue weighted by molar-refractivity contribution is 0.0694. The average molecular weight is 300 g/mol. The molecule has 1 aromatic heterocycles. The highest BCUT2D eigenvalue weighted by Crippen LogP contribution is 2.27. The van der Waals surface area contributed by atoms with Crippen LogP contribution >= 0.6 is 0 Å². The van der Waals surface area contributed by atoms with Crippen molar-refractivity contribution < 1.29 is 9.90 Å². The van der Waals surface area contributed by atoms with Gasteiger partial charge in [0.2, 0.25) is 5.43 Å².